The number of rotatable bonds is 7. The highest BCUT2D eigenvalue weighted by Gasteiger charge is 2.19. The van der Waals surface area contributed by atoms with Crippen LogP contribution >= 0.6 is 11.8 Å². The lowest BCUT2D eigenvalue weighted by atomic mass is 10.2. The maximum atomic E-state index is 13.0. The lowest BCUT2D eigenvalue weighted by Gasteiger charge is -2.12. The van der Waals surface area contributed by atoms with Crippen LogP contribution in [0.15, 0.2) is 65.3 Å². The van der Waals surface area contributed by atoms with E-state index in [0.29, 0.717) is 23.9 Å². The second-order valence-electron chi connectivity index (χ2n) is 6.85. The number of para-hydroxylation sites is 2. The number of nitrogens with one attached hydrogen (secondary N) is 2. The van der Waals surface area contributed by atoms with Crippen molar-refractivity contribution in [2.75, 3.05) is 11.9 Å². The second kappa shape index (κ2) is 10.8. The van der Waals surface area contributed by atoms with Gasteiger partial charge in [-0.25, -0.2) is 9.38 Å². The van der Waals surface area contributed by atoms with Gasteiger partial charge in [-0.2, -0.15) is 0 Å². The molecule has 8 heteroatoms. The van der Waals surface area contributed by atoms with Crippen molar-refractivity contribution in [1.29, 1.82) is 0 Å². The molecule has 0 bridgehead atoms. The van der Waals surface area contributed by atoms with Crippen molar-refractivity contribution in [2.24, 2.45) is 4.99 Å². The molecular formula is C23H24FN3O3S. The van der Waals surface area contributed by atoms with Gasteiger partial charge in [-0.15, -0.1) is 0 Å². The fraction of sp³-hybridized carbons (Fsp3) is 0.261. The normalized spacial score (nSPS) is 13.6. The monoisotopic (exact) mass is 441 g/mol. The number of thioether (sulfide) groups is 1. The van der Waals surface area contributed by atoms with E-state index in [-0.39, 0.29) is 24.1 Å². The van der Waals surface area contributed by atoms with Crippen LogP contribution in [0.4, 0.5) is 15.8 Å². The molecule has 0 unspecified atom stereocenters. The predicted molar refractivity (Wildman–Crippen MR) is 122 cm³/mol. The number of hydrogen-bond acceptors (Lipinski definition) is 6. The van der Waals surface area contributed by atoms with Gasteiger partial charge in [-0.1, -0.05) is 36.0 Å². The molecule has 1 aliphatic heterocycles. The number of carbonyl (C=O) groups excluding carboxylic acids is 2. The SMILES string of the molecule is CCOC(=O)CC1=CC(S[C@H](C)C(=O)NCc2ccc(F)cc2)=Nc2ccccc2N1. The maximum absolute atomic E-state index is 13.0. The number of ether oxygens (including phenoxy) is 1. The van der Waals surface area contributed by atoms with Crippen molar-refractivity contribution < 1.29 is 18.7 Å². The minimum absolute atomic E-state index is 0.0763. The second-order valence-corrected chi connectivity index (χ2v) is 8.21. The molecule has 0 aromatic heterocycles. The minimum Gasteiger partial charge on any atom is -0.466 e. The van der Waals surface area contributed by atoms with E-state index in [4.69, 9.17) is 4.74 Å². The van der Waals surface area contributed by atoms with Crippen molar-refractivity contribution >= 4 is 40.1 Å². The maximum Gasteiger partial charge on any atom is 0.311 e. The van der Waals surface area contributed by atoms with Crippen LogP contribution in [0.2, 0.25) is 0 Å². The first-order chi connectivity index (χ1) is 14.9. The molecule has 0 saturated carbocycles. The first-order valence-electron chi connectivity index (χ1n) is 9.94. The van der Waals surface area contributed by atoms with Gasteiger partial charge < -0.3 is 15.4 Å². The third kappa shape index (κ3) is 6.68. The number of amides is 1. The molecule has 31 heavy (non-hydrogen) atoms. The zero-order valence-electron chi connectivity index (χ0n) is 17.4. The molecule has 0 spiro atoms. The van der Waals surface area contributed by atoms with Gasteiger partial charge in [0, 0.05) is 12.2 Å². The van der Waals surface area contributed by atoms with Crippen molar-refractivity contribution in [3.63, 3.8) is 0 Å². The van der Waals surface area contributed by atoms with Crippen LogP contribution in [0.5, 0.6) is 0 Å². The highest BCUT2D eigenvalue weighted by molar-refractivity contribution is 8.15. The molecule has 1 heterocycles. The number of anilines is 1. The Hall–Kier alpha value is -3.13. The summed E-state index contributed by atoms with van der Waals surface area (Å²) >= 11 is 1.30. The standard InChI is InChI=1S/C23H24FN3O3S/c1-3-30-22(28)13-18-12-21(27-20-7-5-4-6-19(20)26-18)31-15(2)23(29)25-14-16-8-10-17(24)11-9-16/h4-12,15,26H,3,13-14H2,1-2H3,(H,25,29)/t15-/m1/s1. The molecule has 0 radical (unpaired) electrons. The Bertz CT molecular complexity index is 1010. The number of esters is 1. The Labute approximate surface area is 185 Å². The summed E-state index contributed by atoms with van der Waals surface area (Å²) in [5, 5.41) is 6.27. The Morgan fingerprint density at radius 2 is 1.94 bits per heavy atom. The predicted octanol–water partition coefficient (Wildman–Crippen LogP) is 4.56. The summed E-state index contributed by atoms with van der Waals surface area (Å²) in [4.78, 5) is 29.2. The van der Waals surface area contributed by atoms with Crippen LogP contribution in [-0.4, -0.2) is 28.8 Å². The van der Waals surface area contributed by atoms with Crippen molar-refractivity contribution in [2.45, 2.75) is 32.1 Å². The Morgan fingerprint density at radius 3 is 2.68 bits per heavy atom. The summed E-state index contributed by atoms with van der Waals surface area (Å²) in [6.07, 6.45) is 1.85. The summed E-state index contributed by atoms with van der Waals surface area (Å²) < 4.78 is 18.1. The van der Waals surface area contributed by atoms with Gasteiger partial charge in [0.2, 0.25) is 5.91 Å². The van der Waals surface area contributed by atoms with Crippen LogP contribution in [-0.2, 0) is 20.9 Å². The molecule has 0 fully saturated rings. The summed E-state index contributed by atoms with van der Waals surface area (Å²) in [6.45, 7) is 4.17. The number of hydrogen-bond donors (Lipinski definition) is 2. The first kappa shape index (κ1) is 22.6. The number of fused-ring (bicyclic) bond motifs is 1. The largest absolute Gasteiger partial charge is 0.466 e. The quantitative estimate of drug-likeness (QED) is 0.616. The molecule has 2 aromatic rings. The molecule has 6 nitrogen and oxygen atoms in total. The fourth-order valence-corrected chi connectivity index (χ4v) is 3.79. The highest BCUT2D eigenvalue weighted by atomic mass is 32.2. The van der Waals surface area contributed by atoms with Crippen molar-refractivity contribution in [3.8, 4) is 0 Å². The highest BCUT2D eigenvalue weighted by Crippen LogP contribution is 2.32. The molecule has 2 aromatic carbocycles. The number of aliphatic imine (C=N–C) groups is 1. The Kier molecular flexibility index (Phi) is 7.83. The fourth-order valence-electron chi connectivity index (χ4n) is 2.88. The molecule has 1 atom stereocenters. The van der Waals surface area contributed by atoms with E-state index in [2.05, 4.69) is 15.6 Å². The number of carbonyl (C=O) groups is 2. The van der Waals surface area contributed by atoms with Gasteiger partial charge >= 0.3 is 5.97 Å². The van der Waals surface area contributed by atoms with E-state index in [1.807, 2.05) is 24.3 Å². The van der Waals surface area contributed by atoms with Gasteiger partial charge in [0.05, 0.1) is 34.7 Å². The van der Waals surface area contributed by atoms with E-state index in [0.717, 1.165) is 16.9 Å². The molecule has 162 valence electrons. The van der Waals surface area contributed by atoms with Gasteiger partial charge in [-0.3, -0.25) is 9.59 Å². The average molecular weight is 442 g/mol. The van der Waals surface area contributed by atoms with Gasteiger partial charge in [0.25, 0.3) is 0 Å². The third-order valence-electron chi connectivity index (χ3n) is 4.41. The van der Waals surface area contributed by atoms with Crippen LogP contribution in [0.25, 0.3) is 0 Å². The molecule has 0 saturated heterocycles. The third-order valence-corrected chi connectivity index (χ3v) is 5.43. The average Bonchev–Trinajstić information content (AvgIpc) is 2.91. The molecule has 1 amide bonds. The lowest BCUT2D eigenvalue weighted by Crippen LogP contribution is -2.31. The summed E-state index contributed by atoms with van der Waals surface area (Å²) in [6, 6.07) is 13.5. The zero-order valence-corrected chi connectivity index (χ0v) is 18.2. The van der Waals surface area contributed by atoms with E-state index < -0.39 is 5.25 Å². The van der Waals surface area contributed by atoms with Gasteiger partial charge in [0.15, 0.2) is 0 Å². The van der Waals surface area contributed by atoms with Crippen molar-refractivity contribution in [3.05, 3.63) is 71.7 Å². The molecule has 2 N–H and O–H groups in total. The van der Waals surface area contributed by atoms with Crippen LogP contribution < -0.4 is 10.6 Å². The van der Waals surface area contributed by atoms with Crippen LogP contribution in [0, 0.1) is 5.82 Å². The Balaban J connectivity index is 1.70. The van der Waals surface area contributed by atoms with Crippen LogP contribution in [0.1, 0.15) is 25.8 Å². The zero-order chi connectivity index (χ0) is 22.2. The topological polar surface area (TPSA) is 79.8 Å². The lowest BCUT2D eigenvalue weighted by molar-refractivity contribution is -0.142. The van der Waals surface area contributed by atoms with Gasteiger partial charge in [0.1, 0.15) is 5.82 Å². The molecule has 1 aliphatic rings. The minimum atomic E-state index is -0.426. The first-order valence-corrected chi connectivity index (χ1v) is 10.8. The molecule has 3 rings (SSSR count). The molecular weight excluding hydrogens is 417 g/mol. The summed E-state index contributed by atoms with van der Waals surface area (Å²) in [5.41, 5.74) is 2.96. The number of halogens is 1. The van der Waals surface area contributed by atoms with E-state index >= 15 is 0 Å². The van der Waals surface area contributed by atoms with E-state index in [1.165, 1.54) is 23.9 Å². The van der Waals surface area contributed by atoms with Gasteiger partial charge in [-0.05, 0) is 49.8 Å². The van der Waals surface area contributed by atoms with Crippen molar-refractivity contribution in [1.82, 2.24) is 5.32 Å². The van der Waals surface area contributed by atoms with Crippen LogP contribution in [0.3, 0.4) is 0 Å². The van der Waals surface area contributed by atoms with E-state index in [1.54, 1.807) is 32.1 Å². The number of benzene rings is 2. The summed E-state index contributed by atoms with van der Waals surface area (Å²) in [5.74, 6) is -0.817. The smallest absolute Gasteiger partial charge is 0.311 e. The molecule has 0 aliphatic carbocycles. The van der Waals surface area contributed by atoms with E-state index in [9.17, 15) is 14.0 Å². The summed E-state index contributed by atoms with van der Waals surface area (Å²) in [7, 11) is 0. The number of nitrogens with zero attached hydrogens (tertiary/aromatic N) is 1. The Morgan fingerprint density at radius 1 is 1.19 bits per heavy atom.